The maximum absolute atomic E-state index is 5.63. The van der Waals surface area contributed by atoms with Gasteiger partial charge in [0, 0.05) is 12.6 Å². The molecule has 1 saturated heterocycles. The van der Waals surface area contributed by atoms with E-state index in [9.17, 15) is 0 Å². The molecule has 3 heteroatoms. The van der Waals surface area contributed by atoms with E-state index >= 15 is 0 Å². The Balaban J connectivity index is 1.65. The standard InChI is InChI=1S/C13H25NO2/c1-10-3-4-12(7-11(10)2)14-8-13-9-15-5-6-16-13/h10-14H,3-9H2,1-2H3. The van der Waals surface area contributed by atoms with E-state index in [1.807, 2.05) is 0 Å². The zero-order valence-electron chi connectivity index (χ0n) is 10.6. The Morgan fingerprint density at radius 3 is 2.69 bits per heavy atom. The van der Waals surface area contributed by atoms with E-state index in [4.69, 9.17) is 9.47 Å². The molecule has 0 bridgehead atoms. The van der Waals surface area contributed by atoms with Crippen LogP contribution in [0, 0.1) is 11.8 Å². The lowest BCUT2D eigenvalue weighted by Gasteiger charge is -2.34. The van der Waals surface area contributed by atoms with Gasteiger partial charge in [-0.2, -0.15) is 0 Å². The van der Waals surface area contributed by atoms with Crippen LogP contribution in [0.3, 0.4) is 0 Å². The third kappa shape index (κ3) is 3.44. The highest BCUT2D eigenvalue weighted by molar-refractivity contribution is 4.80. The van der Waals surface area contributed by atoms with Crippen molar-refractivity contribution >= 4 is 0 Å². The van der Waals surface area contributed by atoms with Gasteiger partial charge in [0.1, 0.15) is 0 Å². The van der Waals surface area contributed by atoms with Gasteiger partial charge in [-0.1, -0.05) is 13.8 Å². The monoisotopic (exact) mass is 227 g/mol. The summed E-state index contributed by atoms with van der Waals surface area (Å²) >= 11 is 0. The molecule has 1 saturated carbocycles. The molecular formula is C13H25NO2. The first-order valence-electron chi connectivity index (χ1n) is 6.68. The maximum atomic E-state index is 5.63. The van der Waals surface area contributed by atoms with E-state index in [1.165, 1.54) is 19.3 Å². The highest BCUT2D eigenvalue weighted by Crippen LogP contribution is 2.29. The molecule has 2 aliphatic rings. The molecule has 1 N–H and O–H groups in total. The minimum absolute atomic E-state index is 0.267. The van der Waals surface area contributed by atoms with Gasteiger partial charge in [-0.15, -0.1) is 0 Å². The second kappa shape index (κ2) is 5.99. The Kier molecular flexibility index (Phi) is 4.62. The second-order valence-electron chi connectivity index (χ2n) is 5.44. The molecule has 3 nitrogen and oxygen atoms in total. The SMILES string of the molecule is CC1CCC(NCC2COCCO2)CC1C. The van der Waals surface area contributed by atoms with E-state index < -0.39 is 0 Å². The molecular weight excluding hydrogens is 202 g/mol. The quantitative estimate of drug-likeness (QED) is 0.797. The fourth-order valence-corrected chi connectivity index (χ4v) is 2.69. The molecule has 1 aliphatic carbocycles. The summed E-state index contributed by atoms with van der Waals surface area (Å²) in [5.41, 5.74) is 0. The van der Waals surface area contributed by atoms with Gasteiger partial charge in [-0.25, -0.2) is 0 Å². The van der Waals surface area contributed by atoms with Crippen LogP contribution in [0.15, 0.2) is 0 Å². The number of rotatable bonds is 3. The van der Waals surface area contributed by atoms with Crippen LogP contribution in [0.25, 0.3) is 0 Å². The number of nitrogens with one attached hydrogen (secondary N) is 1. The summed E-state index contributed by atoms with van der Waals surface area (Å²) in [5.74, 6) is 1.75. The molecule has 0 aromatic rings. The van der Waals surface area contributed by atoms with E-state index in [2.05, 4.69) is 19.2 Å². The van der Waals surface area contributed by atoms with Crippen LogP contribution in [0.4, 0.5) is 0 Å². The molecule has 0 spiro atoms. The fourth-order valence-electron chi connectivity index (χ4n) is 2.69. The van der Waals surface area contributed by atoms with E-state index in [1.54, 1.807) is 0 Å². The fraction of sp³-hybridized carbons (Fsp3) is 1.00. The van der Waals surface area contributed by atoms with Crippen molar-refractivity contribution in [2.45, 2.75) is 45.3 Å². The molecule has 94 valence electrons. The smallest absolute Gasteiger partial charge is 0.0933 e. The highest BCUT2D eigenvalue weighted by atomic mass is 16.6. The lowest BCUT2D eigenvalue weighted by Crippen LogP contribution is -2.43. The largest absolute Gasteiger partial charge is 0.376 e. The average Bonchev–Trinajstić information content (AvgIpc) is 2.32. The molecule has 2 rings (SSSR count). The van der Waals surface area contributed by atoms with Crippen molar-refractivity contribution in [1.82, 2.24) is 5.32 Å². The van der Waals surface area contributed by atoms with Crippen molar-refractivity contribution in [3.63, 3.8) is 0 Å². The van der Waals surface area contributed by atoms with Gasteiger partial charge >= 0.3 is 0 Å². The molecule has 4 unspecified atom stereocenters. The first-order valence-corrected chi connectivity index (χ1v) is 6.68. The summed E-state index contributed by atoms with van der Waals surface area (Å²) in [6, 6.07) is 0.691. The zero-order valence-corrected chi connectivity index (χ0v) is 10.6. The van der Waals surface area contributed by atoms with Crippen LogP contribution in [-0.4, -0.2) is 38.5 Å². The molecule has 1 heterocycles. The van der Waals surface area contributed by atoms with Crippen molar-refractivity contribution in [3.05, 3.63) is 0 Å². The van der Waals surface area contributed by atoms with Crippen molar-refractivity contribution in [2.75, 3.05) is 26.4 Å². The summed E-state index contributed by atoms with van der Waals surface area (Å²) in [6.45, 7) is 7.97. The molecule has 2 fully saturated rings. The average molecular weight is 227 g/mol. The van der Waals surface area contributed by atoms with Gasteiger partial charge in [0.25, 0.3) is 0 Å². The van der Waals surface area contributed by atoms with Crippen LogP contribution in [-0.2, 0) is 9.47 Å². The van der Waals surface area contributed by atoms with E-state index in [-0.39, 0.29) is 6.10 Å². The van der Waals surface area contributed by atoms with Crippen molar-refractivity contribution in [3.8, 4) is 0 Å². The summed E-state index contributed by atoms with van der Waals surface area (Å²) in [7, 11) is 0. The van der Waals surface area contributed by atoms with Gasteiger partial charge in [0.05, 0.1) is 25.9 Å². The highest BCUT2D eigenvalue weighted by Gasteiger charge is 2.25. The van der Waals surface area contributed by atoms with Gasteiger partial charge in [-0.3, -0.25) is 0 Å². The lowest BCUT2D eigenvalue weighted by atomic mass is 9.79. The zero-order chi connectivity index (χ0) is 11.4. The third-order valence-corrected chi connectivity index (χ3v) is 4.12. The van der Waals surface area contributed by atoms with Gasteiger partial charge in [-0.05, 0) is 31.1 Å². The van der Waals surface area contributed by atoms with E-state index in [0.717, 1.165) is 38.2 Å². The summed E-state index contributed by atoms with van der Waals surface area (Å²) in [4.78, 5) is 0. The van der Waals surface area contributed by atoms with Crippen molar-refractivity contribution in [1.29, 1.82) is 0 Å². The summed E-state index contributed by atoms with van der Waals surface area (Å²) < 4.78 is 11.0. The maximum Gasteiger partial charge on any atom is 0.0933 e. The number of hydrogen-bond donors (Lipinski definition) is 1. The predicted molar refractivity (Wildman–Crippen MR) is 64.5 cm³/mol. The van der Waals surface area contributed by atoms with Gasteiger partial charge < -0.3 is 14.8 Å². The predicted octanol–water partition coefficient (Wildman–Crippen LogP) is 1.82. The Labute approximate surface area is 98.9 Å². The topological polar surface area (TPSA) is 30.5 Å². The Morgan fingerprint density at radius 1 is 1.12 bits per heavy atom. The molecule has 4 atom stereocenters. The number of ether oxygens (including phenoxy) is 2. The van der Waals surface area contributed by atoms with Crippen LogP contribution in [0.5, 0.6) is 0 Å². The minimum Gasteiger partial charge on any atom is -0.376 e. The van der Waals surface area contributed by atoms with Crippen molar-refractivity contribution in [2.24, 2.45) is 11.8 Å². The third-order valence-electron chi connectivity index (χ3n) is 4.12. The first-order chi connectivity index (χ1) is 7.75. The molecule has 0 aromatic heterocycles. The van der Waals surface area contributed by atoms with E-state index in [0.29, 0.717) is 6.04 Å². The van der Waals surface area contributed by atoms with Gasteiger partial charge in [0.2, 0.25) is 0 Å². The first kappa shape index (κ1) is 12.3. The Morgan fingerprint density at radius 2 is 2.00 bits per heavy atom. The minimum atomic E-state index is 0.267. The summed E-state index contributed by atoms with van der Waals surface area (Å²) in [6.07, 6.45) is 4.26. The van der Waals surface area contributed by atoms with Crippen LogP contribution in [0.2, 0.25) is 0 Å². The van der Waals surface area contributed by atoms with Crippen LogP contribution in [0.1, 0.15) is 33.1 Å². The van der Waals surface area contributed by atoms with Gasteiger partial charge in [0.15, 0.2) is 0 Å². The molecule has 0 radical (unpaired) electrons. The lowest BCUT2D eigenvalue weighted by molar-refractivity contribution is -0.0875. The Hall–Kier alpha value is -0.120. The normalized spacial score (nSPS) is 40.9. The molecule has 1 aliphatic heterocycles. The second-order valence-corrected chi connectivity index (χ2v) is 5.44. The molecule has 0 amide bonds. The number of hydrogen-bond acceptors (Lipinski definition) is 3. The molecule has 16 heavy (non-hydrogen) atoms. The summed E-state index contributed by atoms with van der Waals surface area (Å²) in [5, 5.41) is 3.64. The van der Waals surface area contributed by atoms with Crippen molar-refractivity contribution < 1.29 is 9.47 Å². The Bertz CT molecular complexity index is 204. The van der Waals surface area contributed by atoms with Crippen LogP contribution < -0.4 is 5.32 Å². The molecule has 0 aromatic carbocycles. The van der Waals surface area contributed by atoms with Crippen LogP contribution >= 0.6 is 0 Å².